The van der Waals surface area contributed by atoms with Gasteiger partial charge in [0.15, 0.2) is 6.61 Å². The van der Waals surface area contributed by atoms with Crippen molar-refractivity contribution >= 4 is 37.6 Å². The number of ether oxygens (including phenoxy) is 1. The van der Waals surface area contributed by atoms with Crippen LogP contribution in [0.4, 0.5) is 4.79 Å². The molecule has 11 heteroatoms. The number of nitrogens with one attached hydrogen (secondary N) is 1. The van der Waals surface area contributed by atoms with Crippen molar-refractivity contribution in [3.8, 4) is 5.75 Å². The molecule has 0 aliphatic rings. The molecule has 114 valence electrons. The van der Waals surface area contributed by atoms with Crippen molar-refractivity contribution < 1.29 is 32.6 Å². The molecule has 21 heavy (non-hydrogen) atoms. The first-order valence-corrected chi connectivity index (χ1v) is 7.46. The average Bonchev–Trinajstić information content (AvgIpc) is 2.34. The van der Waals surface area contributed by atoms with Gasteiger partial charge in [0.25, 0.3) is 15.0 Å². The fourth-order valence-corrected chi connectivity index (χ4v) is 2.26. The second kappa shape index (κ2) is 6.41. The van der Waals surface area contributed by atoms with Gasteiger partial charge in [-0.2, -0.15) is 0 Å². The maximum absolute atomic E-state index is 11.4. The Hall–Kier alpha value is -2.33. The first-order valence-electron chi connectivity index (χ1n) is 5.15. The Morgan fingerprint density at radius 1 is 1.33 bits per heavy atom. The van der Waals surface area contributed by atoms with Crippen LogP contribution in [0.2, 0.25) is 0 Å². The molecule has 0 radical (unpaired) electrons. The van der Waals surface area contributed by atoms with E-state index in [0.717, 1.165) is 18.2 Å². The Bertz CT molecular complexity index is 701. The van der Waals surface area contributed by atoms with Crippen molar-refractivity contribution in [2.45, 2.75) is 4.90 Å². The van der Waals surface area contributed by atoms with E-state index in [9.17, 15) is 22.8 Å². The molecule has 0 bridgehead atoms. The lowest BCUT2D eigenvalue weighted by atomic mass is 10.2. The summed E-state index contributed by atoms with van der Waals surface area (Å²) in [7, 11) is 0.865. The first-order chi connectivity index (χ1) is 9.61. The summed E-state index contributed by atoms with van der Waals surface area (Å²) in [4.78, 5) is 31.7. The van der Waals surface area contributed by atoms with Gasteiger partial charge in [0, 0.05) is 10.7 Å². The van der Waals surface area contributed by atoms with Crippen LogP contribution in [0.15, 0.2) is 23.1 Å². The molecular weight excluding hydrogens is 328 g/mol. The quantitative estimate of drug-likeness (QED) is 0.634. The lowest BCUT2D eigenvalue weighted by molar-refractivity contribution is -0.122. The number of aromatic carboxylic acids is 1. The molecule has 0 fully saturated rings. The van der Waals surface area contributed by atoms with Gasteiger partial charge >= 0.3 is 12.0 Å². The number of nitrogens with two attached hydrogens (primary N) is 1. The van der Waals surface area contributed by atoms with Crippen LogP contribution < -0.4 is 15.8 Å². The summed E-state index contributed by atoms with van der Waals surface area (Å²) in [6.07, 6.45) is 0. The topological polar surface area (TPSA) is 153 Å². The normalized spacial score (nSPS) is 10.7. The van der Waals surface area contributed by atoms with Crippen LogP contribution in [0.3, 0.4) is 0 Å². The number of carbonyl (C=O) groups is 3. The second-order valence-corrected chi connectivity index (χ2v) is 6.14. The molecule has 0 spiro atoms. The maximum atomic E-state index is 11.4. The number of rotatable bonds is 5. The minimum absolute atomic E-state index is 0.330. The zero-order chi connectivity index (χ0) is 16.2. The van der Waals surface area contributed by atoms with Crippen molar-refractivity contribution in [3.05, 3.63) is 23.8 Å². The zero-order valence-electron chi connectivity index (χ0n) is 10.2. The van der Waals surface area contributed by atoms with Gasteiger partial charge < -0.3 is 15.6 Å². The molecule has 4 N–H and O–H groups in total. The van der Waals surface area contributed by atoms with Gasteiger partial charge in [0.1, 0.15) is 10.6 Å². The van der Waals surface area contributed by atoms with Crippen molar-refractivity contribution in [2.75, 3.05) is 6.61 Å². The van der Waals surface area contributed by atoms with Crippen LogP contribution in [-0.4, -0.2) is 38.0 Å². The largest absolute Gasteiger partial charge is 0.482 e. The molecular formula is C10H9ClN2O7S. The summed E-state index contributed by atoms with van der Waals surface area (Å²) >= 11 is 0. The Labute approximate surface area is 123 Å². The third-order valence-corrected chi connectivity index (χ3v) is 3.42. The van der Waals surface area contributed by atoms with Crippen molar-refractivity contribution in [1.29, 1.82) is 0 Å². The standard InChI is InChI=1S/C10H9ClN2O7S/c11-21(18,19)7-3-5(9(15)16)1-2-6(7)20-4-8(14)13-10(12)17/h1-3H,4H2,(H,15,16)(H3,12,13,14,17). The molecule has 1 aromatic rings. The van der Waals surface area contributed by atoms with Gasteiger partial charge in [-0.05, 0) is 18.2 Å². The Balaban J connectivity index is 3.04. The van der Waals surface area contributed by atoms with Gasteiger partial charge in [-0.1, -0.05) is 0 Å². The van der Waals surface area contributed by atoms with Gasteiger partial charge in [0.2, 0.25) is 0 Å². The van der Waals surface area contributed by atoms with Crippen LogP contribution in [0, 0.1) is 0 Å². The monoisotopic (exact) mass is 336 g/mol. The maximum Gasteiger partial charge on any atom is 0.335 e. The molecule has 0 heterocycles. The summed E-state index contributed by atoms with van der Waals surface area (Å²) in [5.74, 6) is -2.62. The molecule has 0 aliphatic heterocycles. The Kier molecular flexibility index (Phi) is 5.11. The predicted molar refractivity (Wildman–Crippen MR) is 69.7 cm³/mol. The van der Waals surface area contributed by atoms with Crippen LogP contribution in [0.25, 0.3) is 0 Å². The third kappa shape index (κ3) is 4.93. The van der Waals surface area contributed by atoms with E-state index < -0.39 is 38.5 Å². The number of hydrogen-bond acceptors (Lipinski definition) is 6. The summed E-state index contributed by atoms with van der Waals surface area (Å²) in [6, 6.07) is 1.77. The number of carboxylic acid groups (broad SMARTS) is 1. The molecule has 3 amide bonds. The van der Waals surface area contributed by atoms with Gasteiger partial charge in [-0.25, -0.2) is 18.0 Å². The number of urea groups is 1. The summed E-state index contributed by atoms with van der Waals surface area (Å²) < 4.78 is 27.6. The average molecular weight is 337 g/mol. The van der Waals surface area contributed by atoms with Crippen molar-refractivity contribution in [2.24, 2.45) is 5.73 Å². The number of benzene rings is 1. The molecule has 0 saturated carbocycles. The third-order valence-electron chi connectivity index (χ3n) is 2.07. The minimum atomic E-state index is -4.30. The molecule has 0 saturated heterocycles. The number of imide groups is 1. The highest BCUT2D eigenvalue weighted by Crippen LogP contribution is 2.28. The highest BCUT2D eigenvalue weighted by Gasteiger charge is 2.20. The molecule has 0 atom stereocenters. The first kappa shape index (κ1) is 16.7. The fourth-order valence-electron chi connectivity index (χ4n) is 1.27. The van der Waals surface area contributed by atoms with Crippen LogP contribution in [0.5, 0.6) is 5.75 Å². The van der Waals surface area contributed by atoms with Gasteiger partial charge in [0.05, 0.1) is 5.56 Å². The summed E-state index contributed by atoms with van der Waals surface area (Å²) in [5.41, 5.74) is 4.38. The van der Waals surface area contributed by atoms with Crippen LogP contribution in [0.1, 0.15) is 10.4 Å². The fraction of sp³-hybridized carbons (Fsp3) is 0.100. The Morgan fingerprint density at radius 2 is 1.95 bits per heavy atom. The number of amides is 3. The lowest BCUT2D eigenvalue weighted by Gasteiger charge is -2.09. The highest BCUT2D eigenvalue weighted by atomic mass is 35.7. The van der Waals surface area contributed by atoms with Crippen molar-refractivity contribution in [3.63, 3.8) is 0 Å². The summed E-state index contributed by atoms with van der Waals surface area (Å²) in [6.45, 7) is -0.714. The van der Waals surface area contributed by atoms with Crippen LogP contribution in [-0.2, 0) is 13.8 Å². The van der Waals surface area contributed by atoms with Gasteiger partial charge in [-0.15, -0.1) is 0 Å². The number of primary amides is 1. The molecule has 0 unspecified atom stereocenters. The van der Waals surface area contributed by atoms with E-state index in [2.05, 4.69) is 0 Å². The summed E-state index contributed by atoms with van der Waals surface area (Å²) in [5, 5.41) is 10.5. The smallest absolute Gasteiger partial charge is 0.335 e. The Morgan fingerprint density at radius 3 is 2.43 bits per heavy atom. The lowest BCUT2D eigenvalue weighted by Crippen LogP contribution is -2.38. The van der Waals surface area contributed by atoms with E-state index in [-0.39, 0.29) is 11.3 Å². The van der Waals surface area contributed by atoms with E-state index in [4.69, 9.17) is 26.3 Å². The highest BCUT2D eigenvalue weighted by molar-refractivity contribution is 8.13. The van der Waals surface area contributed by atoms with E-state index in [1.54, 1.807) is 5.32 Å². The number of halogens is 1. The number of carboxylic acids is 1. The molecule has 0 aliphatic carbocycles. The minimum Gasteiger partial charge on any atom is -0.482 e. The van der Waals surface area contributed by atoms with Crippen molar-refractivity contribution in [1.82, 2.24) is 5.32 Å². The van der Waals surface area contributed by atoms with E-state index in [1.807, 2.05) is 0 Å². The SMILES string of the molecule is NC(=O)NC(=O)COc1ccc(C(=O)O)cc1S(=O)(=O)Cl. The van der Waals surface area contributed by atoms with E-state index in [0.29, 0.717) is 0 Å². The zero-order valence-corrected chi connectivity index (χ0v) is 11.8. The molecule has 9 nitrogen and oxygen atoms in total. The molecule has 0 aromatic heterocycles. The van der Waals surface area contributed by atoms with E-state index >= 15 is 0 Å². The molecule has 1 rings (SSSR count). The van der Waals surface area contributed by atoms with Crippen LogP contribution >= 0.6 is 10.7 Å². The van der Waals surface area contributed by atoms with Gasteiger partial charge in [-0.3, -0.25) is 10.1 Å². The second-order valence-electron chi connectivity index (χ2n) is 3.61. The molecule has 1 aromatic carbocycles. The predicted octanol–water partition coefficient (Wildman–Crippen LogP) is -0.114. The number of carbonyl (C=O) groups excluding carboxylic acids is 2. The van der Waals surface area contributed by atoms with E-state index in [1.165, 1.54) is 0 Å². The number of hydrogen-bond donors (Lipinski definition) is 3.